The Bertz CT molecular complexity index is 342. The van der Waals surface area contributed by atoms with Gasteiger partial charge in [-0.05, 0) is 12.3 Å². The molecule has 1 aliphatic rings. The Morgan fingerprint density at radius 1 is 1.59 bits per heavy atom. The minimum absolute atomic E-state index is 0.206. The number of rotatable bonds is 6. The van der Waals surface area contributed by atoms with Crippen LogP contribution in [-0.4, -0.2) is 35.5 Å². The van der Waals surface area contributed by atoms with Crippen LogP contribution in [0.25, 0.3) is 0 Å². The maximum absolute atomic E-state index is 6.06. The number of hydrogen-bond donors (Lipinski definition) is 3. The summed E-state index contributed by atoms with van der Waals surface area (Å²) in [6.45, 7) is 7.22. The smallest absolute Gasteiger partial charge is 0.124 e. The van der Waals surface area contributed by atoms with Crippen molar-refractivity contribution in [1.29, 1.82) is 0 Å². The van der Waals surface area contributed by atoms with Crippen molar-refractivity contribution in [2.75, 3.05) is 25.0 Å². The lowest BCUT2D eigenvalue weighted by molar-refractivity contribution is 0.321. The highest BCUT2D eigenvalue weighted by Gasteiger charge is 2.21. The Morgan fingerprint density at radius 3 is 2.94 bits per heavy atom. The van der Waals surface area contributed by atoms with E-state index >= 15 is 0 Å². The van der Waals surface area contributed by atoms with Crippen molar-refractivity contribution in [1.82, 2.24) is 15.1 Å². The molecule has 1 atom stereocenters. The van der Waals surface area contributed by atoms with Gasteiger partial charge in [-0.2, -0.15) is 5.10 Å². The molecule has 5 heteroatoms. The highest BCUT2D eigenvalue weighted by atomic mass is 15.4. The fraction of sp³-hybridized carbons (Fsp3) is 0.750. The average molecular weight is 237 g/mol. The zero-order chi connectivity index (χ0) is 12.3. The van der Waals surface area contributed by atoms with Crippen molar-refractivity contribution in [2.24, 2.45) is 11.7 Å². The molecule has 5 nitrogen and oxygen atoms in total. The van der Waals surface area contributed by atoms with E-state index in [0.717, 1.165) is 31.9 Å². The Balaban J connectivity index is 1.84. The number of aromatic nitrogens is 2. The van der Waals surface area contributed by atoms with Crippen molar-refractivity contribution >= 4 is 5.82 Å². The molecule has 0 saturated carbocycles. The quantitative estimate of drug-likeness (QED) is 0.685. The molecule has 0 bridgehead atoms. The second kappa shape index (κ2) is 5.51. The number of anilines is 1. The van der Waals surface area contributed by atoms with Crippen LogP contribution in [0.2, 0.25) is 0 Å². The minimum atomic E-state index is 0.206. The van der Waals surface area contributed by atoms with Crippen LogP contribution in [0.4, 0.5) is 5.82 Å². The number of nitrogens with two attached hydrogens (primary N) is 1. The van der Waals surface area contributed by atoms with Gasteiger partial charge >= 0.3 is 0 Å². The Labute approximate surface area is 103 Å². The van der Waals surface area contributed by atoms with Gasteiger partial charge in [-0.3, -0.25) is 0 Å². The average Bonchev–Trinajstić information content (AvgIpc) is 2.59. The summed E-state index contributed by atoms with van der Waals surface area (Å²) in [5.41, 5.74) is 6.06. The highest BCUT2D eigenvalue weighted by molar-refractivity contribution is 5.35. The van der Waals surface area contributed by atoms with Crippen LogP contribution in [0.15, 0.2) is 12.3 Å². The molecule has 0 spiro atoms. The standard InChI is InChI=1S/C12H23N5/c1-9(2)5-10(13)6-15-12-3-4-16-17(12)11-7-14-8-11/h3-4,9-11,14-15H,5-8,13H2,1-2H3. The van der Waals surface area contributed by atoms with E-state index in [-0.39, 0.29) is 6.04 Å². The van der Waals surface area contributed by atoms with Crippen LogP contribution in [0.1, 0.15) is 26.3 Å². The molecule has 1 aliphatic heterocycles. The van der Waals surface area contributed by atoms with Crippen molar-refractivity contribution < 1.29 is 0 Å². The summed E-state index contributed by atoms with van der Waals surface area (Å²) in [5, 5.41) is 11.0. The molecule has 2 rings (SSSR count). The van der Waals surface area contributed by atoms with Gasteiger partial charge in [0, 0.05) is 31.7 Å². The third-order valence-electron chi connectivity index (χ3n) is 3.10. The van der Waals surface area contributed by atoms with E-state index in [2.05, 4.69) is 34.3 Å². The third-order valence-corrected chi connectivity index (χ3v) is 3.10. The fourth-order valence-electron chi connectivity index (χ4n) is 2.12. The second-order valence-electron chi connectivity index (χ2n) is 5.24. The van der Waals surface area contributed by atoms with Crippen LogP contribution in [0.5, 0.6) is 0 Å². The lowest BCUT2D eigenvalue weighted by Crippen LogP contribution is -2.44. The van der Waals surface area contributed by atoms with Gasteiger partial charge in [0.1, 0.15) is 5.82 Å². The molecular weight excluding hydrogens is 214 g/mol. The third kappa shape index (κ3) is 3.20. The van der Waals surface area contributed by atoms with E-state index in [0.29, 0.717) is 12.0 Å². The van der Waals surface area contributed by atoms with Gasteiger partial charge in [-0.1, -0.05) is 13.8 Å². The molecule has 96 valence electrons. The normalized spacial score (nSPS) is 18.1. The molecule has 1 fully saturated rings. The van der Waals surface area contributed by atoms with Gasteiger partial charge in [0.05, 0.1) is 12.2 Å². The molecule has 1 unspecified atom stereocenters. The van der Waals surface area contributed by atoms with E-state index in [1.165, 1.54) is 0 Å². The summed E-state index contributed by atoms with van der Waals surface area (Å²) in [5.74, 6) is 1.73. The molecule has 0 radical (unpaired) electrons. The maximum atomic E-state index is 6.06. The van der Waals surface area contributed by atoms with Crippen LogP contribution < -0.4 is 16.4 Å². The predicted octanol–water partition coefficient (Wildman–Crippen LogP) is 0.813. The maximum Gasteiger partial charge on any atom is 0.124 e. The summed E-state index contributed by atoms with van der Waals surface area (Å²) in [7, 11) is 0. The first-order valence-corrected chi connectivity index (χ1v) is 6.40. The largest absolute Gasteiger partial charge is 0.369 e. The van der Waals surface area contributed by atoms with Crippen LogP contribution >= 0.6 is 0 Å². The summed E-state index contributed by atoms with van der Waals surface area (Å²) in [4.78, 5) is 0. The van der Waals surface area contributed by atoms with E-state index in [9.17, 15) is 0 Å². The number of hydrogen-bond acceptors (Lipinski definition) is 4. The molecule has 0 aliphatic carbocycles. The number of nitrogens with zero attached hydrogens (tertiary/aromatic N) is 2. The lowest BCUT2D eigenvalue weighted by Gasteiger charge is -2.29. The molecule has 1 aromatic rings. The van der Waals surface area contributed by atoms with Crippen molar-refractivity contribution in [3.05, 3.63) is 12.3 Å². The Kier molecular flexibility index (Phi) is 4.02. The van der Waals surface area contributed by atoms with Gasteiger partial charge in [0.25, 0.3) is 0 Å². The van der Waals surface area contributed by atoms with Crippen molar-refractivity contribution in [3.8, 4) is 0 Å². The van der Waals surface area contributed by atoms with Crippen LogP contribution in [0.3, 0.4) is 0 Å². The summed E-state index contributed by atoms with van der Waals surface area (Å²) in [6, 6.07) is 2.71. The topological polar surface area (TPSA) is 67.9 Å². The molecular formula is C12H23N5. The molecule has 17 heavy (non-hydrogen) atoms. The van der Waals surface area contributed by atoms with Gasteiger partial charge in [0.15, 0.2) is 0 Å². The minimum Gasteiger partial charge on any atom is -0.369 e. The monoisotopic (exact) mass is 237 g/mol. The molecule has 2 heterocycles. The zero-order valence-electron chi connectivity index (χ0n) is 10.7. The molecule has 1 saturated heterocycles. The first-order chi connectivity index (χ1) is 8.16. The van der Waals surface area contributed by atoms with Crippen LogP contribution in [-0.2, 0) is 0 Å². The molecule has 0 aromatic carbocycles. The predicted molar refractivity (Wildman–Crippen MR) is 70.1 cm³/mol. The van der Waals surface area contributed by atoms with Crippen LogP contribution in [0, 0.1) is 5.92 Å². The SMILES string of the molecule is CC(C)CC(N)CNc1ccnn1C1CNC1. The number of nitrogens with one attached hydrogen (secondary N) is 2. The molecule has 0 amide bonds. The van der Waals surface area contributed by atoms with Gasteiger partial charge in [0.2, 0.25) is 0 Å². The highest BCUT2D eigenvalue weighted by Crippen LogP contribution is 2.17. The van der Waals surface area contributed by atoms with Gasteiger partial charge in [-0.15, -0.1) is 0 Å². The lowest BCUT2D eigenvalue weighted by atomic mass is 10.0. The summed E-state index contributed by atoms with van der Waals surface area (Å²) < 4.78 is 2.05. The second-order valence-corrected chi connectivity index (χ2v) is 5.24. The summed E-state index contributed by atoms with van der Waals surface area (Å²) in [6.07, 6.45) is 2.89. The first kappa shape index (κ1) is 12.4. The van der Waals surface area contributed by atoms with E-state index in [1.807, 2.05) is 12.3 Å². The van der Waals surface area contributed by atoms with Crippen molar-refractivity contribution in [2.45, 2.75) is 32.4 Å². The Morgan fingerprint density at radius 2 is 2.35 bits per heavy atom. The summed E-state index contributed by atoms with van der Waals surface area (Å²) >= 11 is 0. The van der Waals surface area contributed by atoms with E-state index in [4.69, 9.17) is 5.73 Å². The van der Waals surface area contributed by atoms with E-state index in [1.54, 1.807) is 0 Å². The van der Waals surface area contributed by atoms with E-state index < -0.39 is 0 Å². The Hall–Kier alpha value is -1.07. The zero-order valence-corrected chi connectivity index (χ0v) is 10.7. The molecule has 1 aromatic heterocycles. The first-order valence-electron chi connectivity index (χ1n) is 6.40. The fourth-order valence-corrected chi connectivity index (χ4v) is 2.12. The van der Waals surface area contributed by atoms with Gasteiger partial charge in [-0.25, -0.2) is 4.68 Å². The molecule has 4 N–H and O–H groups in total. The van der Waals surface area contributed by atoms with Crippen molar-refractivity contribution in [3.63, 3.8) is 0 Å². The van der Waals surface area contributed by atoms with Gasteiger partial charge < -0.3 is 16.4 Å².